The zero-order valence-electron chi connectivity index (χ0n) is 15.6. The van der Waals surface area contributed by atoms with E-state index in [2.05, 4.69) is 4.99 Å². The minimum Gasteiger partial charge on any atom is -0.480 e. The number of nitro benzene ring substituents is 1. The van der Waals surface area contributed by atoms with E-state index in [1.165, 1.54) is 12.1 Å². The molecule has 0 saturated carbocycles. The van der Waals surface area contributed by atoms with Crippen molar-refractivity contribution in [1.82, 2.24) is 6.15 Å². The summed E-state index contributed by atoms with van der Waals surface area (Å²) >= 11 is 0. The number of benzene rings is 2. The number of aliphatic imine (C=N–C) groups is 1. The summed E-state index contributed by atoms with van der Waals surface area (Å²) in [7, 11) is 0. The van der Waals surface area contributed by atoms with Crippen molar-refractivity contribution in [3.63, 3.8) is 0 Å². The van der Waals surface area contributed by atoms with Gasteiger partial charge in [-0.2, -0.15) is 0 Å². The maximum atomic E-state index is 11.3. The van der Waals surface area contributed by atoms with E-state index in [1.807, 2.05) is 35.2 Å². The van der Waals surface area contributed by atoms with Crippen molar-refractivity contribution >= 4 is 35.3 Å². The van der Waals surface area contributed by atoms with Crippen LogP contribution in [-0.2, 0) is 4.79 Å². The average Bonchev–Trinajstić information content (AvgIpc) is 3.16. The molecule has 1 heterocycles. The van der Waals surface area contributed by atoms with Crippen LogP contribution in [0.1, 0.15) is 18.4 Å². The lowest BCUT2D eigenvalue weighted by atomic mass is 10.2. The van der Waals surface area contributed by atoms with Gasteiger partial charge in [0.1, 0.15) is 6.04 Å². The van der Waals surface area contributed by atoms with Crippen molar-refractivity contribution in [3.8, 4) is 0 Å². The Morgan fingerprint density at radius 2 is 1.86 bits per heavy atom. The number of non-ortho nitro benzene ring substituents is 1. The highest BCUT2D eigenvalue weighted by Crippen LogP contribution is 2.27. The van der Waals surface area contributed by atoms with Gasteiger partial charge in [0, 0.05) is 30.6 Å². The Morgan fingerprint density at radius 1 is 1.18 bits per heavy atom. The van der Waals surface area contributed by atoms with Gasteiger partial charge in [-0.05, 0) is 60.9 Å². The second kappa shape index (κ2) is 9.43. The highest BCUT2D eigenvalue weighted by Gasteiger charge is 2.30. The van der Waals surface area contributed by atoms with E-state index >= 15 is 0 Å². The van der Waals surface area contributed by atoms with E-state index in [9.17, 15) is 20.0 Å². The summed E-state index contributed by atoms with van der Waals surface area (Å²) in [4.78, 5) is 27.7. The van der Waals surface area contributed by atoms with Crippen LogP contribution in [0.15, 0.2) is 59.6 Å². The number of quaternary nitrogens is 1. The molecule has 0 unspecified atom stereocenters. The quantitative estimate of drug-likeness (QED) is 0.432. The van der Waals surface area contributed by atoms with Crippen LogP contribution >= 0.6 is 0 Å². The average molecular weight is 383 g/mol. The Bertz CT molecular complexity index is 876. The largest absolute Gasteiger partial charge is 0.480 e. The summed E-state index contributed by atoms with van der Waals surface area (Å²) in [6.07, 6.45) is 6.76. The first-order chi connectivity index (χ1) is 13.0. The minimum absolute atomic E-state index is 0. The molecule has 0 bridgehead atoms. The monoisotopic (exact) mass is 383 g/mol. The van der Waals surface area contributed by atoms with Crippen LogP contribution in [0, 0.1) is 10.1 Å². The first kappa shape index (κ1) is 20.8. The topological polar surface area (TPSA) is 133 Å². The predicted molar refractivity (Wildman–Crippen MR) is 111 cm³/mol. The van der Waals surface area contributed by atoms with Gasteiger partial charge in [-0.3, -0.25) is 15.1 Å². The SMILES string of the molecule is O=C(O)[C@@H]1CCCN1c1ccc(N=C/C=C/c2ccc([N+](=O)[O-])cc2)cc1.[NH4+]. The number of hydrogen-bond acceptors (Lipinski definition) is 5. The Hall–Kier alpha value is -3.52. The number of nitrogens with zero attached hydrogens (tertiary/aromatic N) is 3. The third-order valence-electron chi connectivity index (χ3n) is 4.42. The van der Waals surface area contributed by atoms with Crippen LogP contribution in [0.25, 0.3) is 6.08 Å². The van der Waals surface area contributed by atoms with Gasteiger partial charge in [-0.25, -0.2) is 4.79 Å². The van der Waals surface area contributed by atoms with Crippen molar-refractivity contribution in [2.45, 2.75) is 18.9 Å². The molecule has 5 N–H and O–H groups in total. The predicted octanol–water partition coefficient (Wildman–Crippen LogP) is 4.44. The summed E-state index contributed by atoms with van der Waals surface area (Å²) in [6, 6.07) is 13.3. The van der Waals surface area contributed by atoms with Crippen molar-refractivity contribution in [2.24, 2.45) is 4.99 Å². The van der Waals surface area contributed by atoms with Gasteiger partial charge >= 0.3 is 5.97 Å². The van der Waals surface area contributed by atoms with E-state index in [1.54, 1.807) is 24.4 Å². The molecule has 0 amide bonds. The van der Waals surface area contributed by atoms with Gasteiger partial charge in [-0.15, -0.1) is 0 Å². The molecule has 146 valence electrons. The van der Waals surface area contributed by atoms with E-state index in [-0.39, 0.29) is 11.8 Å². The van der Waals surface area contributed by atoms with E-state index in [0.717, 1.165) is 29.9 Å². The molecule has 1 atom stereocenters. The molecule has 0 radical (unpaired) electrons. The standard InChI is InChI=1S/C20H19N3O4.H3N/c24-20(25)19-4-2-14-22(19)17-11-7-16(8-12-17)21-13-1-3-15-5-9-18(10-6-15)23(26)27;/h1,3,5-13,19H,2,4,14H2,(H,24,25);1H3/p+1/b3-1+,21-13?;/t19-;/m0./s1. The smallest absolute Gasteiger partial charge is 0.326 e. The molecule has 8 heteroatoms. The Kier molecular flexibility index (Phi) is 7.00. The van der Waals surface area contributed by atoms with Gasteiger partial charge in [0.05, 0.1) is 10.6 Å². The molecule has 1 fully saturated rings. The fourth-order valence-corrected chi connectivity index (χ4v) is 3.05. The Labute approximate surface area is 162 Å². The fraction of sp³-hybridized carbons (Fsp3) is 0.200. The molecule has 1 saturated heterocycles. The number of anilines is 1. The number of carboxylic acids is 1. The first-order valence-electron chi connectivity index (χ1n) is 8.59. The molecule has 8 nitrogen and oxygen atoms in total. The highest BCUT2D eigenvalue weighted by molar-refractivity contribution is 5.81. The summed E-state index contributed by atoms with van der Waals surface area (Å²) in [6.45, 7) is 0.748. The number of allylic oxidation sites excluding steroid dienone is 1. The number of rotatable bonds is 6. The van der Waals surface area contributed by atoms with E-state index in [4.69, 9.17) is 0 Å². The lowest BCUT2D eigenvalue weighted by Gasteiger charge is -2.23. The number of aliphatic carboxylic acids is 1. The van der Waals surface area contributed by atoms with E-state index < -0.39 is 16.9 Å². The third-order valence-corrected chi connectivity index (χ3v) is 4.42. The molecule has 0 spiro atoms. The Balaban J connectivity index is 0.00000280. The molecule has 28 heavy (non-hydrogen) atoms. The number of hydrogen-bond donors (Lipinski definition) is 2. The zero-order chi connectivity index (χ0) is 19.2. The first-order valence-corrected chi connectivity index (χ1v) is 8.59. The van der Waals surface area contributed by atoms with Crippen LogP contribution in [0.5, 0.6) is 0 Å². The van der Waals surface area contributed by atoms with Gasteiger partial charge in [-0.1, -0.05) is 6.08 Å². The van der Waals surface area contributed by atoms with Crippen LogP contribution in [0.3, 0.4) is 0 Å². The van der Waals surface area contributed by atoms with Gasteiger partial charge < -0.3 is 16.2 Å². The molecule has 1 aliphatic rings. The summed E-state index contributed by atoms with van der Waals surface area (Å²) in [5, 5.41) is 19.9. The van der Waals surface area contributed by atoms with Gasteiger partial charge in [0.25, 0.3) is 5.69 Å². The maximum Gasteiger partial charge on any atom is 0.326 e. The van der Waals surface area contributed by atoms with Crippen molar-refractivity contribution in [1.29, 1.82) is 0 Å². The molecular formula is C20H23N4O4+. The lowest BCUT2D eigenvalue weighted by Crippen LogP contribution is -2.35. The molecule has 1 aliphatic heterocycles. The number of carbonyl (C=O) groups is 1. The van der Waals surface area contributed by atoms with Crippen molar-refractivity contribution in [2.75, 3.05) is 11.4 Å². The second-order valence-corrected chi connectivity index (χ2v) is 6.19. The van der Waals surface area contributed by atoms with Crippen LogP contribution in [0.4, 0.5) is 17.1 Å². The van der Waals surface area contributed by atoms with Crippen LogP contribution in [-0.4, -0.2) is 34.8 Å². The number of nitro groups is 1. The summed E-state index contributed by atoms with van der Waals surface area (Å²) < 4.78 is 0. The molecule has 2 aromatic rings. The second-order valence-electron chi connectivity index (χ2n) is 6.19. The molecule has 3 rings (SSSR count). The van der Waals surface area contributed by atoms with Gasteiger partial charge in [0.2, 0.25) is 0 Å². The molecule has 2 aromatic carbocycles. The summed E-state index contributed by atoms with van der Waals surface area (Å²) in [5.41, 5.74) is 2.55. The minimum atomic E-state index is -0.786. The number of carboxylic acid groups (broad SMARTS) is 1. The van der Waals surface area contributed by atoms with Crippen molar-refractivity contribution < 1.29 is 14.8 Å². The van der Waals surface area contributed by atoms with Crippen LogP contribution < -0.4 is 11.1 Å². The maximum absolute atomic E-state index is 11.3. The Morgan fingerprint density at radius 3 is 2.46 bits per heavy atom. The fourth-order valence-electron chi connectivity index (χ4n) is 3.05. The van der Waals surface area contributed by atoms with Crippen LogP contribution in [0.2, 0.25) is 0 Å². The molecular weight excluding hydrogens is 360 g/mol. The normalized spacial score (nSPS) is 16.4. The summed E-state index contributed by atoms with van der Waals surface area (Å²) in [5.74, 6) is -0.786. The van der Waals surface area contributed by atoms with Crippen molar-refractivity contribution in [3.05, 3.63) is 70.3 Å². The van der Waals surface area contributed by atoms with E-state index in [0.29, 0.717) is 6.42 Å². The lowest BCUT2D eigenvalue weighted by molar-refractivity contribution is -0.384. The molecule has 0 aliphatic carbocycles. The van der Waals surface area contributed by atoms with Gasteiger partial charge in [0.15, 0.2) is 0 Å². The highest BCUT2D eigenvalue weighted by atomic mass is 16.6. The molecule has 0 aromatic heterocycles. The third kappa shape index (κ3) is 5.01. The zero-order valence-corrected chi connectivity index (χ0v) is 15.6.